The molecular formula is C10H11FN4O2S. The minimum Gasteiger partial charge on any atom is -0.271 e. The second kappa shape index (κ2) is 5.23. The van der Waals surface area contributed by atoms with Crippen LogP contribution in [0.5, 0.6) is 0 Å². The summed E-state index contributed by atoms with van der Waals surface area (Å²) in [5, 5.41) is 3.33. The molecule has 0 amide bonds. The molecular weight excluding hydrogens is 259 g/mol. The molecule has 6 nitrogen and oxygen atoms in total. The van der Waals surface area contributed by atoms with Crippen molar-refractivity contribution < 1.29 is 12.8 Å². The van der Waals surface area contributed by atoms with Crippen LogP contribution in [0, 0.1) is 5.82 Å². The molecule has 0 bridgehead atoms. The van der Waals surface area contributed by atoms with Crippen molar-refractivity contribution in [2.45, 2.75) is 11.6 Å². The summed E-state index contributed by atoms with van der Waals surface area (Å²) in [5.74, 6) is -0.871. The van der Waals surface area contributed by atoms with E-state index in [0.717, 1.165) is 6.07 Å². The summed E-state index contributed by atoms with van der Waals surface area (Å²) in [6, 6.07) is 4.11. The highest BCUT2D eigenvalue weighted by Gasteiger charge is 2.19. The van der Waals surface area contributed by atoms with Crippen LogP contribution in [0.25, 0.3) is 0 Å². The van der Waals surface area contributed by atoms with Gasteiger partial charge in [0.1, 0.15) is 0 Å². The van der Waals surface area contributed by atoms with Gasteiger partial charge in [-0.2, -0.15) is 5.10 Å². The molecule has 0 aliphatic rings. The van der Waals surface area contributed by atoms with Crippen LogP contribution in [0.1, 0.15) is 0 Å². The summed E-state index contributed by atoms with van der Waals surface area (Å²) in [5.41, 5.74) is 0. The van der Waals surface area contributed by atoms with Gasteiger partial charge in [-0.05, 0) is 18.2 Å². The van der Waals surface area contributed by atoms with Crippen LogP contribution in [-0.2, 0) is 16.6 Å². The van der Waals surface area contributed by atoms with E-state index in [0.29, 0.717) is 6.54 Å². The zero-order valence-corrected chi connectivity index (χ0v) is 10.1. The monoisotopic (exact) mass is 270 g/mol. The van der Waals surface area contributed by atoms with E-state index in [1.807, 2.05) is 0 Å². The number of nitrogens with zero attached hydrogens (tertiary/aromatic N) is 3. The zero-order valence-electron chi connectivity index (χ0n) is 9.32. The van der Waals surface area contributed by atoms with Crippen molar-refractivity contribution >= 4 is 10.0 Å². The van der Waals surface area contributed by atoms with E-state index in [2.05, 4.69) is 14.8 Å². The molecule has 0 aromatic carbocycles. The Hall–Kier alpha value is -1.80. The summed E-state index contributed by atoms with van der Waals surface area (Å²) in [6.45, 7) is 0.473. The minimum absolute atomic E-state index is 0.111. The van der Waals surface area contributed by atoms with E-state index in [1.54, 1.807) is 23.1 Å². The number of halogens is 1. The van der Waals surface area contributed by atoms with Crippen LogP contribution in [-0.4, -0.2) is 29.7 Å². The lowest BCUT2D eigenvalue weighted by molar-refractivity contribution is 0.535. The summed E-state index contributed by atoms with van der Waals surface area (Å²) < 4.78 is 40.6. The van der Waals surface area contributed by atoms with Gasteiger partial charge in [0, 0.05) is 25.1 Å². The standard InChI is InChI=1S/C10H11FN4O2S/c11-9-3-1-4-12-10(9)18(16,17)14-6-8-15-7-2-5-13-15/h1-5,7,14H,6,8H2. The van der Waals surface area contributed by atoms with Gasteiger partial charge in [0.2, 0.25) is 5.03 Å². The maximum Gasteiger partial charge on any atom is 0.261 e. The Kier molecular flexibility index (Phi) is 3.68. The number of aromatic nitrogens is 3. The van der Waals surface area contributed by atoms with Crippen LogP contribution in [0.4, 0.5) is 4.39 Å². The van der Waals surface area contributed by atoms with Gasteiger partial charge in [-0.25, -0.2) is 22.5 Å². The van der Waals surface area contributed by atoms with E-state index in [1.165, 1.54) is 12.3 Å². The first-order valence-corrected chi connectivity index (χ1v) is 6.65. The van der Waals surface area contributed by atoms with E-state index < -0.39 is 20.9 Å². The third-order valence-corrected chi connectivity index (χ3v) is 3.57. The van der Waals surface area contributed by atoms with E-state index in [4.69, 9.17) is 0 Å². The first-order chi connectivity index (χ1) is 8.59. The number of rotatable bonds is 5. The third-order valence-electron chi connectivity index (χ3n) is 2.17. The molecule has 0 radical (unpaired) electrons. The van der Waals surface area contributed by atoms with Crippen LogP contribution < -0.4 is 4.72 Å². The van der Waals surface area contributed by atoms with Crippen molar-refractivity contribution in [3.63, 3.8) is 0 Å². The normalized spacial score (nSPS) is 11.6. The summed E-state index contributed by atoms with van der Waals surface area (Å²) in [4.78, 5) is 3.52. The third kappa shape index (κ3) is 2.90. The summed E-state index contributed by atoms with van der Waals surface area (Å²) in [6.07, 6.45) is 4.52. The Morgan fingerprint density at radius 3 is 2.83 bits per heavy atom. The maximum atomic E-state index is 13.3. The first-order valence-electron chi connectivity index (χ1n) is 5.17. The van der Waals surface area contributed by atoms with E-state index in [9.17, 15) is 12.8 Å². The number of pyridine rings is 1. The molecule has 2 aromatic heterocycles. The number of hydrogen-bond donors (Lipinski definition) is 1. The lowest BCUT2D eigenvalue weighted by atomic mass is 10.5. The zero-order chi connectivity index (χ0) is 13.0. The molecule has 96 valence electrons. The predicted octanol–water partition coefficient (Wildman–Crippen LogP) is 0.396. The second-order valence-corrected chi connectivity index (χ2v) is 5.14. The van der Waals surface area contributed by atoms with Crippen LogP contribution in [0.15, 0.2) is 41.8 Å². The van der Waals surface area contributed by atoms with Gasteiger partial charge < -0.3 is 0 Å². The molecule has 0 fully saturated rings. The fraction of sp³-hybridized carbons (Fsp3) is 0.200. The van der Waals surface area contributed by atoms with Crippen LogP contribution in [0.2, 0.25) is 0 Å². The quantitative estimate of drug-likeness (QED) is 0.853. The van der Waals surface area contributed by atoms with Gasteiger partial charge in [-0.1, -0.05) is 0 Å². The lowest BCUT2D eigenvalue weighted by Gasteiger charge is -2.06. The molecule has 0 spiro atoms. The van der Waals surface area contributed by atoms with Gasteiger partial charge in [0.25, 0.3) is 10.0 Å². The van der Waals surface area contributed by atoms with E-state index in [-0.39, 0.29) is 6.54 Å². The summed E-state index contributed by atoms with van der Waals surface area (Å²) in [7, 11) is -3.92. The highest BCUT2D eigenvalue weighted by molar-refractivity contribution is 7.89. The lowest BCUT2D eigenvalue weighted by Crippen LogP contribution is -2.29. The minimum atomic E-state index is -3.92. The van der Waals surface area contributed by atoms with Gasteiger partial charge in [-0.3, -0.25) is 4.68 Å². The van der Waals surface area contributed by atoms with Crippen molar-refractivity contribution in [3.8, 4) is 0 Å². The number of hydrogen-bond acceptors (Lipinski definition) is 4. The molecule has 0 aliphatic carbocycles. The molecule has 18 heavy (non-hydrogen) atoms. The van der Waals surface area contributed by atoms with Crippen molar-refractivity contribution in [2.75, 3.05) is 6.54 Å². The van der Waals surface area contributed by atoms with Crippen molar-refractivity contribution in [2.24, 2.45) is 0 Å². The van der Waals surface area contributed by atoms with Crippen molar-refractivity contribution in [3.05, 3.63) is 42.6 Å². The highest BCUT2D eigenvalue weighted by Crippen LogP contribution is 2.09. The van der Waals surface area contributed by atoms with Crippen molar-refractivity contribution in [1.82, 2.24) is 19.5 Å². The molecule has 2 aromatic rings. The topological polar surface area (TPSA) is 76.9 Å². The number of nitrogens with one attached hydrogen (secondary N) is 1. The Balaban J connectivity index is 2.02. The SMILES string of the molecule is O=S(=O)(NCCn1cccn1)c1ncccc1F. The number of sulfonamides is 1. The average molecular weight is 270 g/mol. The summed E-state index contributed by atoms with van der Waals surface area (Å²) >= 11 is 0. The Bertz CT molecular complexity index is 613. The Morgan fingerprint density at radius 1 is 1.33 bits per heavy atom. The van der Waals surface area contributed by atoms with E-state index >= 15 is 0 Å². The van der Waals surface area contributed by atoms with Crippen molar-refractivity contribution in [1.29, 1.82) is 0 Å². The molecule has 2 rings (SSSR count). The molecule has 8 heteroatoms. The molecule has 0 aliphatic heterocycles. The van der Waals surface area contributed by atoms with Crippen LogP contribution >= 0.6 is 0 Å². The Morgan fingerprint density at radius 2 is 2.17 bits per heavy atom. The van der Waals surface area contributed by atoms with Gasteiger partial charge in [0.15, 0.2) is 5.82 Å². The van der Waals surface area contributed by atoms with Gasteiger partial charge in [-0.15, -0.1) is 0 Å². The largest absolute Gasteiger partial charge is 0.271 e. The molecule has 0 saturated heterocycles. The molecule has 0 saturated carbocycles. The molecule has 0 unspecified atom stereocenters. The first kappa shape index (κ1) is 12.7. The Labute approximate surface area is 104 Å². The molecule has 1 N–H and O–H groups in total. The molecule has 0 atom stereocenters. The fourth-order valence-corrected chi connectivity index (χ4v) is 2.39. The van der Waals surface area contributed by atoms with Gasteiger partial charge >= 0.3 is 0 Å². The molecule has 2 heterocycles. The van der Waals surface area contributed by atoms with Gasteiger partial charge in [0.05, 0.1) is 6.54 Å². The highest BCUT2D eigenvalue weighted by atomic mass is 32.2. The smallest absolute Gasteiger partial charge is 0.261 e. The van der Waals surface area contributed by atoms with Crippen LogP contribution in [0.3, 0.4) is 0 Å². The predicted molar refractivity (Wildman–Crippen MR) is 61.6 cm³/mol. The average Bonchev–Trinajstić information content (AvgIpc) is 2.82. The fourth-order valence-electron chi connectivity index (χ4n) is 1.36. The maximum absolute atomic E-state index is 13.3. The second-order valence-electron chi connectivity index (χ2n) is 3.46.